The van der Waals surface area contributed by atoms with Crippen molar-refractivity contribution in [3.8, 4) is 0 Å². The predicted molar refractivity (Wildman–Crippen MR) is 94.6 cm³/mol. The number of anilines is 1. The van der Waals surface area contributed by atoms with E-state index in [1.54, 1.807) is 17.1 Å². The summed E-state index contributed by atoms with van der Waals surface area (Å²) in [7, 11) is 0. The lowest BCUT2D eigenvalue weighted by molar-refractivity contribution is -0.385. The molecule has 2 heterocycles. The van der Waals surface area contributed by atoms with Gasteiger partial charge >= 0.3 is 5.69 Å². The van der Waals surface area contributed by atoms with E-state index in [2.05, 4.69) is 15.5 Å². The molecule has 0 aliphatic heterocycles. The Morgan fingerprint density at radius 2 is 2.00 bits per heavy atom. The van der Waals surface area contributed by atoms with Crippen LogP contribution in [0.3, 0.4) is 0 Å². The van der Waals surface area contributed by atoms with Crippen molar-refractivity contribution in [1.82, 2.24) is 19.6 Å². The second-order valence-corrected chi connectivity index (χ2v) is 5.76. The molecular formula is C17H18N6O3. The van der Waals surface area contributed by atoms with Crippen LogP contribution >= 0.6 is 0 Å². The Hall–Kier alpha value is -3.49. The van der Waals surface area contributed by atoms with Gasteiger partial charge in [0.2, 0.25) is 5.91 Å². The second-order valence-electron chi connectivity index (χ2n) is 5.76. The summed E-state index contributed by atoms with van der Waals surface area (Å²) in [6.45, 7) is 2.41. The van der Waals surface area contributed by atoms with Crippen molar-refractivity contribution in [2.75, 3.05) is 5.32 Å². The third-order valence-corrected chi connectivity index (χ3v) is 3.90. The smallest absolute Gasteiger partial charge is 0.307 e. The highest BCUT2D eigenvalue weighted by Crippen LogP contribution is 2.18. The summed E-state index contributed by atoms with van der Waals surface area (Å²) in [5, 5.41) is 21.7. The number of nitro groups is 1. The number of nitrogens with one attached hydrogen (secondary N) is 1. The van der Waals surface area contributed by atoms with Crippen molar-refractivity contribution < 1.29 is 9.72 Å². The van der Waals surface area contributed by atoms with Crippen molar-refractivity contribution in [2.45, 2.75) is 25.9 Å². The Bertz CT molecular complexity index is 902. The SMILES string of the molecule is CCC(C(=O)Nc1cnn(Cc2ccccc2)c1)n1cc([N+](=O)[O-])cn1. The predicted octanol–water partition coefficient (Wildman–Crippen LogP) is 2.63. The van der Waals surface area contributed by atoms with Gasteiger partial charge in [0.25, 0.3) is 0 Å². The third kappa shape index (κ3) is 3.94. The van der Waals surface area contributed by atoms with E-state index in [4.69, 9.17) is 0 Å². The highest BCUT2D eigenvalue weighted by atomic mass is 16.6. The maximum atomic E-state index is 12.5. The van der Waals surface area contributed by atoms with Gasteiger partial charge in [-0.05, 0) is 12.0 Å². The zero-order valence-corrected chi connectivity index (χ0v) is 14.1. The minimum atomic E-state index is -0.638. The lowest BCUT2D eigenvalue weighted by atomic mass is 10.2. The summed E-state index contributed by atoms with van der Waals surface area (Å²) >= 11 is 0. The van der Waals surface area contributed by atoms with Crippen molar-refractivity contribution in [2.24, 2.45) is 0 Å². The first-order valence-corrected chi connectivity index (χ1v) is 8.12. The fourth-order valence-corrected chi connectivity index (χ4v) is 2.60. The van der Waals surface area contributed by atoms with Gasteiger partial charge in [0.1, 0.15) is 18.4 Å². The number of benzene rings is 1. The highest BCUT2D eigenvalue weighted by molar-refractivity contribution is 5.93. The molecule has 1 unspecified atom stereocenters. The Balaban J connectivity index is 1.67. The number of aromatic nitrogens is 4. The molecular weight excluding hydrogens is 336 g/mol. The summed E-state index contributed by atoms with van der Waals surface area (Å²) in [6, 6.07) is 9.21. The first kappa shape index (κ1) is 17.3. The normalized spacial score (nSPS) is 11.9. The van der Waals surface area contributed by atoms with Crippen LogP contribution in [0.2, 0.25) is 0 Å². The molecule has 26 heavy (non-hydrogen) atoms. The van der Waals surface area contributed by atoms with Crippen molar-refractivity contribution in [3.63, 3.8) is 0 Å². The van der Waals surface area contributed by atoms with Gasteiger partial charge in [0.05, 0.1) is 23.4 Å². The van der Waals surface area contributed by atoms with Crippen LogP contribution in [0.15, 0.2) is 55.1 Å². The van der Waals surface area contributed by atoms with Gasteiger partial charge in [0.15, 0.2) is 0 Å². The number of hydrogen-bond donors (Lipinski definition) is 1. The summed E-state index contributed by atoms with van der Waals surface area (Å²) in [5.41, 5.74) is 1.52. The van der Waals surface area contributed by atoms with E-state index >= 15 is 0 Å². The molecule has 1 amide bonds. The molecule has 0 spiro atoms. The van der Waals surface area contributed by atoms with Crippen LogP contribution in [0.1, 0.15) is 24.9 Å². The summed E-state index contributed by atoms with van der Waals surface area (Å²) in [4.78, 5) is 22.8. The maximum absolute atomic E-state index is 12.5. The summed E-state index contributed by atoms with van der Waals surface area (Å²) in [5.74, 6) is -0.301. The Morgan fingerprint density at radius 3 is 2.65 bits per heavy atom. The monoisotopic (exact) mass is 354 g/mol. The molecule has 0 aliphatic rings. The van der Waals surface area contributed by atoms with Gasteiger partial charge in [0, 0.05) is 6.20 Å². The molecule has 1 atom stereocenters. The molecule has 0 bridgehead atoms. The Morgan fingerprint density at radius 1 is 1.23 bits per heavy atom. The molecule has 3 rings (SSSR count). The second kappa shape index (κ2) is 7.60. The first-order chi connectivity index (χ1) is 12.6. The van der Waals surface area contributed by atoms with E-state index in [1.807, 2.05) is 37.3 Å². The Kier molecular flexibility index (Phi) is 5.07. The van der Waals surface area contributed by atoms with Gasteiger partial charge in [-0.15, -0.1) is 0 Å². The van der Waals surface area contributed by atoms with E-state index < -0.39 is 11.0 Å². The van der Waals surface area contributed by atoms with E-state index in [0.29, 0.717) is 18.7 Å². The molecule has 0 fully saturated rings. The van der Waals surface area contributed by atoms with Gasteiger partial charge in [-0.25, -0.2) is 0 Å². The van der Waals surface area contributed by atoms with Crippen LogP contribution < -0.4 is 5.32 Å². The minimum Gasteiger partial charge on any atom is -0.322 e. The zero-order chi connectivity index (χ0) is 18.5. The topological polar surface area (TPSA) is 108 Å². The third-order valence-electron chi connectivity index (χ3n) is 3.90. The molecule has 1 aromatic carbocycles. The zero-order valence-electron chi connectivity index (χ0n) is 14.1. The van der Waals surface area contributed by atoms with Crippen LogP contribution in [-0.2, 0) is 11.3 Å². The quantitative estimate of drug-likeness (QED) is 0.518. The van der Waals surface area contributed by atoms with Crippen LogP contribution in [0.5, 0.6) is 0 Å². The number of carbonyl (C=O) groups excluding carboxylic acids is 1. The lowest BCUT2D eigenvalue weighted by Gasteiger charge is -2.14. The average molecular weight is 354 g/mol. The van der Waals surface area contributed by atoms with E-state index in [1.165, 1.54) is 10.9 Å². The van der Waals surface area contributed by atoms with Crippen LogP contribution in [0.25, 0.3) is 0 Å². The molecule has 0 aliphatic carbocycles. The van der Waals surface area contributed by atoms with E-state index in [-0.39, 0.29) is 11.6 Å². The van der Waals surface area contributed by atoms with Crippen LogP contribution in [0.4, 0.5) is 11.4 Å². The van der Waals surface area contributed by atoms with E-state index in [0.717, 1.165) is 11.8 Å². The average Bonchev–Trinajstić information content (AvgIpc) is 3.27. The van der Waals surface area contributed by atoms with Crippen molar-refractivity contribution in [1.29, 1.82) is 0 Å². The van der Waals surface area contributed by atoms with Gasteiger partial charge in [-0.1, -0.05) is 37.3 Å². The first-order valence-electron chi connectivity index (χ1n) is 8.12. The molecule has 3 aromatic rings. The van der Waals surface area contributed by atoms with Crippen LogP contribution in [0, 0.1) is 10.1 Å². The standard InChI is InChI=1S/C17H18N6O3/c1-2-16(22-12-15(9-19-22)23(25)26)17(24)20-14-8-18-21(11-14)10-13-6-4-3-5-7-13/h3-9,11-12,16H,2,10H2,1H3,(H,20,24). The molecule has 0 saturated carbocycles. The number of hydrogen-bond acceptors (Lipinski definition) is 5. The molecule has 9 nitrogen and oxygen atoms in total. The number of carbonyl (C=O) groups is 1. The van der Waals surface area contributed by atoms with Gasteiger partial charge in [-0.3, -0.25) is 24.3 Å². The minimum absolute atomic E-state index is 0.146. The fourth-order valence-electron chi connectivity index (χ4n) is 2.60. The molecule has 0 saturated heterocycles. The molecule has 2 aromatic heterocycles. The maximum Gasteiger partial charge on any atom is 0.307 e. The van der Waals surface area contributed by atoms with Crippen molar-refractivity contribution >= 4 is 17.3 Å². The van der Waals surface area contributed by atoms with Gasteiger partial charge in [-0.2, -0.15) is 10.2 Å². The fraction of sp³-hybridized carbons (Fsp3) is 0.235. The van der Waals surface area contributed by atoms with Crippen molar-refractivity contribution in [3.05, 3.63) is 70.8 Å². The molecule has 9 heteroatoms. The summed E-state index contributed by atoms with van der Waals surface area (Å²) in [6.07, 6.45) is 6.14. The molecule has 0 radical (unpaired) electrons. The van der Waals surface area contributed by atoms with E-state index in [9.17, 15) is 14.9 Å². The molecule has 134 valence electrons. The number of rotatable bonds is 7. The van der Waals surface area contributed by atoms with Gasteiger partial charge < -0.3 is 5.32 Å². The summed E-state index contributed by atoms with van der Waals surface area (Å²) < 4.78 is 3.03. The highest BCUT2D eigenvalue weighted by Gasteiger charge is 2.22. The number of nitrogens with zero attached hydrogens (tertiary/aromatic N) is 5. The number of amides is 1. The van der Waals surface area contributed by atoms with Crippen LogP contribution in [-0.4, -0.2) is 30.4 Å². The lowest BCUT2D eigenvalue weighted by Crippen LogP contribution is -2.25. The largest absolute Gasteiger partial charge is 0.322 e. The Labute approximate surface area is 149 Å². The molecule has 1 N–H and O–H groups in total.